The average Bonchev–Trinajstić information content (AvgIpc) is 2.93. The number of para-hydroxylation sites is 1. The Hall–Kier alpha value is -2.18. The van der Waals surface area contributed by atoms with Gasteiger partial charge in [0.25, 0.3) is 0 Å². The summed E-state index contributed by atoms with van der Waals surface area (Å²) in [6.07, 6.45) is 1.77. The Morgan fingerprint density at radius 1 is 1.36 bits per heavy atom. The van der Waals surface area contributed by atoms with Crippen LogP contribution in [0.3, 0.4) is 0 Å². The molecule has 3 aromatic rings. The van der Waals surface area contributed by atoms with Crippen LogP contribution in [-0.2, 0) is 11.3 Å². The minimum Gasteiger partial charge on any atom is -0.465 e. The van der Waals surface area contributed by atoms with Crippen LogP contribution in [0.5, 0.6) is 0 Å². The number of nitrogens with one attached hydrogen (secondary N) is 1. The molecule has 0 aliphatic carbocycles. The number of methoxy groups -OCH3 is 1. The number of aromatic nitrogens is 2. The number of fused-ring (bicyclic) bond motifs is 1. The van der Waals surface area contributed by atoms with Crippen LogP contribution >= 0.6 is 22.9 Å². The molecule has 2 aromatic heterocycles. The van der Waals surface area contributed by atoms with Gasteiger partial charge in [-0.3, -0.25) is 4.98 Å². The summed E-state index contributed by atoms with van der Waals surface area (Å²) in [7, 11) is 1.31. The fourth-order valence-electron chi connectivity index (χ4n) is 2.08. The van der Waals surface area contributed by atoms with Crippen molar-refractivity contribution in [2.75, 3.05) is 12.4 Å². The van der Waals surface area contributed by atoms with Gasteiger partial charge < -0.3 is 10.1 Å². The van der Waals surface area contributed by atoms with Gasteiger partial charge in [-0.15, -0.1) is 0 Å². The number of esters is 1. The zero-order chi connectivity index (χ0) is 15.5. The number of carbonyl (C=O) groups excluding carboxylic acids is 1. The van der Waals surface area contributed by atoms with Crippen LogP contribution in [0.2, 0.25) is 5.15 Å². The molecule has 0 atom stereocenters. The van der Waals surface area contributed by atoms with Gasteiger partial charge in [0.05, 0.1) is 12.6 Å². The number of hydrogen-bond donors (Lipinski definition) is 1. The molecule has 0 fully saturated rings. The normalized spacial score (nSPS) is 10.6. The maximum atomic E-state index is 11.5. The Morgan fingerprint density at radius 2 is 2.18 bits per heavy atom. The second kappa shape index (κ2) is 6.29. The van der Waals surface area contributed by atoms with Crippen molar-refractivity contribution in [3.63, 3.8) is 0 Å². The lowest BCUT2D eigenvalue weighted by atomic mass is 10.1. The van der Waals surface area contributed by atoms with Gasteiger partial charge in [0.15, 0.2) is 15.2 Å². The van der Waals surface area contributed by atoms with Crippen molar-refractivity contribution in [1.29, 1.82) is 0 Å². The molecule has 0 amide bonds. The van der Waals surface area contributed by atoms with E-state index < -0.39 is 5.97 Å². The number of benzene rings is 1. The number of rotatable bonds is 4. The van der Waals surface area contributed by atoms with Crippen LogP contribution < -0.4 is 5.32 Å². The van der Waals surface area contributed by atoms with Gasteiger partial charge in [0.2, 0.25) is 0 Å². The van der Waals surface area contributed by atoms with Crippen molar-refractivity contribution in [1.82, 2.24) is 9.97 Å². The molecule has 1 N–H and O–H groups in total. The Bertz CT molecular complexity index is 829. The average molecular weight is 334 g/mol. The number of carbonyl (C=O) groups is 1. The molecule has 3 rings (SSSR count). The lowest BCUT2D eigenvalue weighted by molar-refractivity contribution is 0.0606. The van der Waals surface area contributed by atoms with Gasteiger partial charge in [-0.2, -0.15) is 0 Å². The van der Waals surface area contributed by atoms with Crippen LogP contribution in [0.15, 0.2) is 36.5 Å². The molecule has 0 saturated carbocycles. The Morgan fingerprint density at radius 3 is 3.00 bits per heavy atom. The summed E-state index contributed by atoms with van der Waals surface area (Å²) in [5.41, 5.74) is 1.98. The van der Waals surface area contributed by atoms with Gasteiger partial charge in [0.1, 0.15) is 0 Å². The smallest absolute Gasteiger partial charge is 0.351 e. The summed E-state index contributed by atoms with van der Waals surface area (Å²) in [6.45, 7) is 0.540. The molecule has 22 heavy (non-hydrogen) atoms. The second-order valence-electron chi connectivity index (χ2n) is 4.48. The molecule has 0 aliphatic rings. The molecular formula is C15H12ClN3O2S. The predicted octanol–water partition coefficient (Wildman–Crippen LogP) is 3.74. The SMILES string of the molecule is COC(=O)c1sc(NCc2cccc3cccnc23)nc1Cl. The standard InChI is InChI=1S/C15H12ClN3O2S/c1-21-14(20)12-13(16)19-15(22-12)18-8-10-5-2-4-9-6-3-7-17-11(9)10/h2-7H,8H2,1H3,(H,18,19). The minimum atomic E-state index is -0.484. The molecular weight excluding hydrogens is 322 g/mol. The van der Waals surface area contributed by atoms with Crippen molar-refractivity contribution in [3.05, 3.63) is 52.1 Å². The number of ether oxygens (including phenoxy) is 1. The summed E-state index contributed by atoms with van der Waals surface area (Å²) in [6, 6.07) is 9.92. The molecule has 0 bridgehead atoms. The van der Waals surface area contributed by atoms with Crippen LogP contribution in [-0.4, -0.2) is 23.0 Å². The van der Waals surface area contributed by atoms with E-state index in [9.17, 15) is 4.79 Å². The highest BCUT2D eigenvalue weighted by atomic mass is 35.5. The molecule has 1 aromatic carbocycles. The fourth-order valence-corrected chi connectivity index (χ4v) is 3.18. The first kappa shape index (κ1) is 14.7. The van der Waals surface area contributed by atoms with E-state index in [0.29, 0.717) is 16.6 Å². The zero-order valence-electron chi connectivity index (χ0n) is 11.7. The third-order valence-electron chi connectivity index (χ3n) is 3.10. The molecule has 7 heteroatoms. The van der Waals surface area contributed by atoms with Gasteiger partial charge in [-0.05, 0) is 11.6 Å². The number of hydrogen-bond acceptors (Lipinski definition) is 6. The van der Waals surface area contributed by atoms with E-state index in [1.54, 1.807) is 6.20 Å². The topological polar surface area (TPSA) is 64.1 Å². The molecule has 0 aliphatic heterocycles. The lowest BCUT2D eigenvalue weighted by Crippen LogP contribution is -2.00. The van der Waals surface area contributed by atoms with Crippen molar-refractivity contribution < 1.29 is 9.53 Å². The first-order valence-electron chi connectivity index (χ1n) is 6.50. The molecule has 2 heterocycles. The maximum absolute atomic E-state index is 11.5. The van der Waals surface area contributed by atoms with Crippen LogP contribution in [0.25, 0.3) is 10.9 Å². The molecule has 5 nitrogen and oxygen atoms in total. The predicted molar refractivity (Wildman–Crippen MR) is 87.5 cm³/mol. The summed E-state index contributed by atoms with van der Waals surface area (Å²) in [5.74, 6) is -0.484. The van der Waals surface area contributed by atoms with Gasteiger partial charge in [-0.1, -0.05) is 47.2 Å². The maximum Gasteiger partial charge on any atom is 0.351 e. The number of thiazole rings is 1. The van der Waals surface area contributed by atoms with Crippen LogP contribution in [0, 0.1) is 0 Å². The van der Waals surface area contributed by atoms with Crippen molar-refractivity contribution in [2.45, 2.75) is 6.54 Å². The van der Waals surface area contributed by atoms with E-state index in [1.807, 2.05) is 30.3 Å². The highest BCUT2D eigenvalue weighted by Crippen LogP contribution is 2.28. The van der Waals surface area contributed by atoms with Gasteiger partial charge in [-0.25, -0.2) is 9.78 Å². The molecule has 0 radical (unpaired) electrons. The van der Waals surface area contributed by atoms with Crippen molar-refractivity contribution in [2.24, 2.45) is 0 Å². The van der Waals surface area contributed by atoms with Gasteiger partial charge >= 0.3 is 5.97 Å². The van der Waals surface area contributed by atoms with E-state index in [-0.39, 0.29) is 5.15 Å². The van der Waals surface area contributed by atoms with Crippen molar-refractivity contribution in [3.8, 4) is 0 Å². The quantitative estimate of drug-likeness (QED) is 0.737. The van der Waals surface area contributed by atoms with E-state index >= 15 is 0 Å². The summed E-state index contributed by atoms with van der Waals surface area (Å²) in [4.78, 5) is 20.3. The first-order chi connectivity index (χ1) is 10.7. The Balaban J connectivity index is 1.81. The Kier molecular flexibility index (Phi) is 4.22. The first-order valence-corrected chi connectivity index (χ1v) is 7.69. The second-order valence-corrected chi connectivity index (χ2v) is 5.83. The number of nitrogens with zero attached hydrogens (tertiary/aromatic N) is 2. The molecule has 0 unspecified atom stereocenters. The number of pyridine rings is 1. The third kappa shape index (κ3) is 2.88. The number of halogens is 1. The van der Waals surface area contributed by atoms with E-state index in [4.69, 9.17) is 11.6 Å². The zero-order valence-corrected chi connectivity index (χ0v) is 13.2. The highest BCUT2D eigenvalue weighted by Gasteiger charge is 2.17. The van der Waals surface area contributed by atoms with E-state index in [2.05, 4.69) is 20.0 Å². The van der Waals surface area contributed by atoms with Gasteiger partial charge in [0, 0.05) is 18.1 Å². The summed E-state index contributed by atoms with van der Waals surface area (Å²) < 4.78 is 4.66. The highest BCUT2D eigenvalue weighted by molar-refractivity contribution is 7.18. The monoisotopic (exact) mass is 333 g/mol. The molecule has 112 valence electrons. The fraction of sp³-hybridized carbons (Fsp3) is 0.133. The van der Waals surface area contributed by atoms with Crippen LogP contribution in [0.4, 0.5) is 5.13 Å². The molecule has 0 spiro atoms. The Labute approximate surface area is 135 Å². The number of anilines is 1. The largest absolute Gasteiger partial charge is 0.465 e. The summed E-state index contributed by atoms with van der Waals surface area (Å²) >= 11 is 7.11. The summed E-state index contributed by atoms with van der Waals surface area (Å²) in [5, 5.41) is 4.96. The van der Waals surface area contributed by atoms with Crippen LogP contribution in [0.1, 0.15) is 15.2 Å². The lowest BCUT2D eigenvalue weighted by Gasteiger charge is -2.06. The third-order valence-corrected chi connectivity index (χ3v) is 4.48. The van der Waals surface area contributed by atoms with E-state index in [0.717, 1.165) is 16.5 Å². The molecule has 0 saturated heterocycles. The van der Waals surface area contributed by atoms with Crippen molar-refractivity contribution >= 4 is 44.9 Å². The minimum absolute atomic E-state index is 0.149. The van der Waals surface area contributed by atoms with E-state index in [1.165, 1.54) is 18.4 Å².